The number of carbonyl (C=O) groups is 2. The largest absolute Gasteiger partial charge is 0.491 e. The second kappa shape index (κ2) is 8.32. The van der Waals surface area contributed by atoms with Crippen molar-refractivity contribution >= 4 is 17.6 Å². The molecule has 1 aromatic carbocycles. The van der Waals surface area contributed by atoms with Crippen LogP contribution in [-0.2, 0) is 23.8 Å². The Labute approximate surface area is 139 Å². The van der Waals surface area contributed by atoms with Crippen LogP contribution in [0.1, 0.15) is 0 Å². The number of rotatable bonds is 6. The predicted molar refractivity (Wildman–Crippen MR) is 83.4 cm³/mol. The number of benzene rings is 1. The molecule has 0 spiro atoms. The first-order valence-corrected chi connectivity index (χ1v) is 7.21. The molecule has 24 heavy (non-hydrogen) atoms. The molecule has 1 aliphatic heterocycles. The molecule has 1 N–H and O–H groups in total. The molecule has 8 heteroatoms. The van der Waals surface area contributed by atoms with Crippen LogP contribution in [-0.4, -0.2) is 57.8 Å². The molecule has 0 saturated heterocycles. The number of nitrogens with zero attached hydrogens (tertiary/aromatic N) is 1. The SMILES string of the molecule is COC(=O)C1=C(C(=O)OC)N(c2ccc(OCCO)cc2)COC1. The van der Waals surface area contributed by atoms with Crippen molar-refractivity contribution in [2.75, 3.05) is 45.7 Å². The third-order valence-electron chi connectivity index (χ3n) is 3.34. The van der Waals surface area contributed by atoms with Gasteiger partial charge in [-0.2, -0.15) is 0 Å². The lowest BCUT2D eigenvalue weighted by atomic mass is 10.1. The van der Waals surface area contributed by atoms with Gasteiger partial charge in [-0.15, -0.1) is 0 Å². The zero-order valence-corrected chi connectivity index (χ0v) is 13.5. The maximum atomic E-state index is 12.2. The summed E-state index contributed by atoms with van der Waals surface area (Å²) in [6.07, 6.45) is 0. The molecule has 0 saturated carbocycles. The fourth-order valence-corrected chi connectivity index (χ4v) is 2.23. The van der Waals surface area contributed by atoms with Gasteiger partial charge in [0.05, 0.1) is 33.0 Å². The zero-order valence-electron chi connectivity index (χ0n) is 13.5. The van der Waals surface area contributed by atoms with E-state index in [1.165, 1.54) is 19.1 Å². The van der Waals surface area contributed by atoms with Crippen LogP contribution < -0.4 is 9.64 Å². The topological polar surface area (TPSA) is 94.5 Å². The van der Waals surface area contributed by atoms with Gasteiger partial charge in [0.1, 0.15) is 24.8 Å². The molecular weight excluding hydrogens is 318 g/mol. The van der Waals surface area contributed by atoms with Crippen molar-refractivity contribution in [2.24, 2.45) is 0 Å². The van der Waals surface area contributed by atoms with Crippen LogP contribution >= 0.6 is 0 Å². The van der Waals surface area contributed by atoms with Crippen LogP contribution in [0.2, 0.25) is 0 Å². The molecule has 0 radical (unpaired) electrons. The summed E-state index contributed by atoms with van der Waals surface area (Å²) in [5.74, 6) is -0.732. The number of methoxy groups -OCH3 is 2. The summed E-state index contributed by atoms with van der Waals surface area (Å²) in [6, 6.07) is 6.79. The average molecular weight is 337 g/mol. The second-order valence-corrected chi connectivity index (χ2v) is 4.78. The lowest BCUT2D eigenvalue weighted by Gasteiger charge is -2.31. The maximum Gasteiger partial charge on any atom is 0.355 e. The predicted octanol–water partition coefficient (Wildman–Crippen LogP) is 0.452. The van der Waals surface area contributed by atoms with Gasteiger partial charge in [0.2, 0.25) is 0 Å². The standard InChI is InChI=1S/C16H19NO7/c1-21-15(19)13-9-23-10-17(14(13)16(20)22-2)11-3-5-12(6-4-11)24-8-7-18/h3-6,18H,7-10H2,1-2H3. The summed E-state index contributed by atoms with van der Waals surface area (Å²) in [5.41, 5.74) is 0.795. The van der Waals surface area contributed by atoms with Gasteiger partial charge in [0, 0.05) is 5.69 Å². The Morgan fingerprint density at radius 3 is 2.42 bits per heavy atom. The van der Waals surface area contributed by atoms with Crippen LogP contribution in [0, 0.1) is 0 Å². The average Bonchev–Trinajstić information content (AvgIpc) is 2.64. The van der Waals surface area contributed by atoms with E-state index in [1.54, 1.807) is 24.3 Å². The monoisotopic (exact) mass is 337 g/mol. The lowest BCUT2D eigenvalue weighted by molar-refractivity contribution is -0.140. The molecule has 0 amide bonds. The van der Waals surface area contributed by atoms with Crippen molar-refractivity contribution in [3.05, 3.63) is 35.5 Å². The van der Waals surface area contributed by atoms with Crippen molar-refractivity contribution in [1.29, 1.82) is 0 Å². The van der Waals surface area contributed by atoms with Crippen LogP contribution in [0.25, 0.3) is 0 Å². The van der Waals surface area contributed by atoms with Gasteiger partial charge < -0.3 is 29.0 Å². The van der Waals surface area contributed by atoms with Crippen molar-refractivity contribution in [2.45, 2.75) is 0 Å². The minimum absolute atomic E-state index is 0.0364. The summed E-state index contributed by atoms with van der Waals surface area (Å²) in [7, 11) is 2.47. The number of aliphatic hydroxyl groups is 1. The molecule has 0 aromatic heterocycles. The Morgan fingerprint density at radius 1 is 1.17 bits per heavy atom. The van der Waals surface area contributed by atoms with Gasteiger partial charge in [0.15, 0.2) is 0 Å². The smallest absolute Gasteiger partial charge is 0.355 e. The Bertz CT molecular complexity index is 624. The summed E-state index contributed by atoms with van der Waals surface area (Å²) in [6.45, 7) is 0.151. The van der Waals surface area contributed by atoms with E-state index in [-0.39, 0.29) is 37.8 Å². The number of esters is 2. The summed E-state index contributed by atoms with van der Waals surface area (Å²) < 4.78 is 20.2. The number of anilines is 1. The second-order valence-electron chi connectivity index (χ2n) is 4.78. The minimum atomic E-state index is -0.653. The first kappa shape index (κ1) is 17.8. The molecule has 8 nitrogen and oxygen atoms in total. The van der Waals surface area contributed by atoms with Crippen LogP contribution in [0.4, 0.5) is 5.69 Å². The van der Waals surface area contributed by atoms with Gasteiger partial charge in [0.25, 0.3) is 0 Å². The third kappa shape index (κ3) is 3.84. The number of aliphatic hydroxyl groups excluding tert-OH is 1. The van der Waals surface area contributed by atoms with Crippen molar-refractivity contribution in [3.63, 3.8) is 0 Å². The number of hydrogen-bond acceptors (Lipinski definition) is 8. The van der Waals surface area contributed by atoms with E-state index in [0.717, 1.165) is 0 Å². The molecule has 130 valence electrons. The van der Waals surface area contributed by atoms with Gasteiger partial charge in [-0.25, -0.2) is 9.59 Å². The Balaban J connectivity index is 2.35. The zero-order chi connectivity index (χ0) is 17.5. The quantitative estimate of drug-likeness (QED) is 0.748. The van der Waals surface area contributed by atoms with E-state index < -0.39 is 11.9 Å². The van der Waals surface area contributed by atoms with Gasteiger partial charge in [-0.1, -0.05) is 0 Å². The minimum Gasteiger partial charge on any atom is -0.491 e. The summed E-state index contributed by atoms with van der Waals surface area (Å²) >= 11 is 0. The first-order valence-electron chi connectivity index (χ1n) is 7.21. The van der Waals surface area contributed by atoms with Gasteiger partial charge in [-0.05, 0) is 24.3 Å². The normalized spacial score (nSPS) is 14.4. The Kier molecular flexibility index (Phi) is 6.16. The highest BCUT2D eigenvalue weighted by atomic mass is 16.5. The molecule has 0 aliphatic carbocycles. The van der Waals surface area contributed by atoms with E-state index in [9.17, 15) is 9.59 Å². The van der Waals surface area contributed by atoms with Crippen molar-refractivity contribution in [1.82, 2.24) is 0 Å². The summed E-state index contributed by atoms with van der Waals surface area (Å²) in [4.78, 5) is 25.6. The highest BCUT2D eigenvalue weighted by molar-refractivity contribution is 6.03. The molecular formula is C16H19NO7. The fraction of sp³-hybridized carbons (Fsp3) is 0.375. The van der Waals surface area contributed by atoms with E-state index >= 15 is 0 Å². The molecule has 0 atom stereocenters. The molecule has 0 bridgehead atoms. The summed E-state index contributed by atoms with van der Waals surface area (Å²) in [5, 5.41) is 8.76. The van der Waals surface area contributed by atoms with E-state index in [1.807, 2.05) is 0 Å². The highest BCUT2D eigenvalue weighted by Crippen LogP contribution is 2.28. The third-order valence-corrected chi connectivity index (χ3v) is 3.34. The van der Waals surface area contributed by atoms with Gasteiger partial charge in [-0.3, -0.25) is 0 Å². The molecule has 1 heterocycles. The van der Waals surface area contributed by atoms with E-state index in [2.05, 4.69) is 0 Å². The van der Waals surface area contributed by atoms with Crippen molar-refractivity contribution < 1.29 is 33.6 Å². The molecule has 0 fully saturated rings. The van der Waals surface area contributed by atoms with E-state index in [0.29, 0.717) is 11.4 Å². The first-order chi connectivity index (χ1) is 11.6. The molecule has 1 aromatic rings. The molecule has 0 unspecified atom stereocenters. The van der Waals surface area contributed by atoms with Crippen molar-refractivity contribution in [3.8, 4) is 5.75 Å². The number of ether oxygens (including phenoxy) is 4. The Morgan fingerprint density at radius 2 is 1.83 bits per heavy atom. The van der Waals surface area contributed by atoms with Gasteiger partial charge >= 0.3 is 11.9 Å². The number of carbonyl (C=O) groups excluding carboxylic acids is 2. The molecule has 2 rings (SSSR count). The Hall–Kier alpha value is -2.58. The molecule has 1 aliphatic rings. The van der Waals surface area contributed by atoms with Crippen LogP contribution in [0.3, 0.4) is 0 Å². The highest BCUT2D eigenvalue weighted by Gasteiger charge is 2.32. The maximum absolute atomic E-state index is 12.2. The lowest BCUT2D eigenvalue weighted by Crippen LogP contribution is -2.38. The van der Waals surface area contributed by atoms with Crippen LogP contribution in [0.5, 0.6) is 5.75 Å². The fourth-order valence-electron chi connectivity index (χ4n) is 2.23. The van der Waals surface area contributed by atoms with Crippen LogP contribution in [0.15, 0.2) is 35.5 Å². The van der Waals surface area contributed by atoms with E-state index in [4.69, 9.17) is 24.1 Å². The number of hydrogen-bond donors (Lipinski definition) is 1.